The van der Waals surface area contributed by atoms with Crippen LogP contribution in [0.25, 0.3) is 11.1 Å². The van der Waals surface area contributed by atoms with E-state index in [0.29, 0.717) is 12.8 Å². The molecule has 3 heterocycles. The molecule has 0 atom stereocenters. The van der Waals surface area contributed by atoms with E-state index in [-0.39, 0.29) is 11.4 Å². The van der Waals surface area contributed by atoms with Gasteiger partial charge in [0, 0.05) is 80.8 Å². The first kappa shape index (κ1) is 19.6. The lowest BCUT2D eigenvalue weighted by atomic mass is 10.0. The predicted octanol–water partition coefficient (Wildman–Crippen LogP) is 2.80. The fourth-order valence-corrected chi connectivity index (χ4v) is 4.31. The number of nitro groups is 1. The van der Waals surface area contributed by atoms with Crippen molar-refractivity contribution in [1.29, 1.82) is 0 Å². The van der Waals surface area contributed by atoms with E-state index in [0.717, 1.165) is 61.7 Å². The number of nitro benzene ring substituents is 1. The summed E-state index contributed by atoms with van der Waals surface area (Å²) < 4.78 is 20.6. The fourth-order valence-electron chi connectivity index (χ4n) is 4.31. The van der Waals surface area contributed by atoms with Crippen LogP contribution in [0.15, 0.2) is 18.3 Å². The van der Waals surface area contributed by atoms with Crippen LogP contribution in [-0.4, -0.2) is 65.6 Å². The van der Waals surface area contributed by atoms with Crippen LogP contribution in [0.3, 0.4) is 0 Å². The van der Waals surface area contributed by atoms with Gasteiger partial charge in [-0.2, -0.15) is 5.10 Å². The number of hydrogen-bond acceptors (Lipinski definition) is 6. The summed E-state index contributed by atoms with van der Waals surface area (Å²) in [5.74, 6) is 0.254. The van der Waals surface area contributed by atoms with Crippen molar-refractivity contribution >= 4 is 11.4 Å². The van der Waals surface area contributed by atoms with Gasteiger partial charge in [-0.15, -0.1) is 0 Å². The topological polar surface area (TPSA) is 76.7 Å². The molecule has 0 bridgehead atoms. The van der Waals surface area contributed by atoms with Crippen molar-refractivity contribution in [3.63, 3.8) is 0 Å². The highest BCUT2D eigenvalue weighted by atomic mass is 19.1. The third kappa shape index (κ3) is 3.78. The molecule has 1 aromatic carbocycles. The number of aryl methyl sites for hydroxylation is 1. The zero-order chi connectivity index (χ0) is 20.5. The van der Waals surface area contributed by atoms with Gasteiger partial charge in [0.1, 0.15) is 6.17 Å². The lowest BCUT2D eigenvalue weighted by molar-refractivity contribution is -0.385. The van der Waals surface area contributed by atoms with E-state index in [4.69, 9.17) is 4.74 Å². The van der Waals surface area contributed by atoms with Crippen LogP contribution in [0, 0.1) is 10.1 Å². The molecule has 156 valence electrons. The normalized spacial score (nSPS) is 17.6. The van der Waals surface area contributed by atoms with Gasteiger partial charge in [0.15, 0.2) is 5.75 Å². The van der Waals surface area contributed by atoms with Crippen molar-refractivity contribution in [2.24, 2.45) is 7.05 Å². The summed E-state index contributed by atoms with van der Waals surface area (Å²) in [5.41, 5.74) is 3.66. The van der Waals surface area contributed by atoms with Gasteiger partial charge < -0.3 is 14.5 Å². The van der Waals surface area contributed by atoms with Crippen molar-refractivity contribution in [2.75, 3.05) is 44.7 Å². The SMILES string of the molecule is COc1cc2c(cc1[N+](=O)[O-])-c1cnn(C)c1CCN2CCN1CCC(F)CC1. The summed E-state index contributed by atoms with van der Waals surface area (Å²) in [4.78, 5) is 15.7. The van der Waals surface area contributed by atoms with Gasteiger partial charge >= 0.3 is 5.69 Å². The highest BCUT2D eigenvalue weighted by Crippen LogP contribution is 2.43. The molecule has 2 aromatic rings. The molecule has 9 heteroatoms. The average molecular weight is 403 g/mol. The third-order valence-electron chi connectivity index (χ3n) is 6.01. The predicted molar refractivity (Wildman–Crippen MR) is 108 cm³/mol. The van der Waals surface area contributed by atoms with Crippen LogP contribution in [0.2, 0.25) is 0 Å². The molecule has 0 saturated carbocycles. The first-order chi connectivity index (χ1) is 14.0. The number of piperidine rings is 1. The molecule has 2 aliphatic heterocycles. The lowest BCUT2D eigenvalue weighted by Gasteiger charge is -2.32. The second-order valence-electron chi connectivity index (χ2n) is 7.68. The quantitative estimate of drug-likeness (QED) is 0.564. The minimum atomic E-state index is -0.683. The van der Waals surface area contributed by atoms with E-state index in [9.17, 15) is 14.5 Å². The number of aromatic nitrogens is 2. The van der Waals surface area contributed by atoms with Crippen LogP contribution < -0.4 is 9.64 Å². The molecule has 0 aliphatic carbocycles. The molecule has 1 fully saturated rings. The molecule has 2 aliphatic rings. The molecule has 1 saturated heterocycles. The maximum absolute atomic E-state index is 13.4. The summed E-state index contributed by atoms with van der Waals surface area (Å²) >= 11 is 0. The number of ether oxygens (including phenoxy) is 1. The van der Waals surface area contributed by atoms with Crippen LogP contribution >= 0.6 is 0 Å². The number of halogens is 1. The molecule has 0 radical (unpaired) electrons. The van der Waals surface area contributed by atoms with Gasteiger partial charge in [0.2, 0.25) is 0 Å². The maximum atomic E-state index is 13.4. The smallest absolute Gasteiger partial charge is 0.311 e. The first-order valence-corrected chi connectivity index (χ1v) is 9.97. The van der Waals surface area contributed by atoms with E-state index in [1.54, 1.807) is 18.3 Å². The largest absolute Gasteiger partial charge is 0.490 e. The Bertz CT molecular complexity index is 908. The zero-order valence-electron chi connectivity index (χ0n) is 16.8. The Balaban J connectivity index is 1.68. The van der Waals surface area contributed by atoms with Crippen LogP contribution in [-0.2, 0) is 13.5 Å². The Morgan fingerprint density at radius 2 is 2.00 bits per heavy atom. The Hall–Kier alpha value is -2.68. The zero-order valence-corrected chi connectivity index (χ0v) is 16.8. The van der Waals surface area contributed by atoms with Gasteiger partial charge in [-0.3, -0.25) is 14.8 Å². The minimum Gasteiger partial charge on any atom is -0.490 e. The number of anilines is 1. The number of benzene rings is 1. The van der Waals surface area contributed by atoms with Gasteiger partial charge in [-0.1, -0.05) is 0 Å². The second kappa shape index (κ2) is 7.98. The van der Waals surface area contributed by atoms with E-state index in [1.807, 2.05) is 11.7 Å². The molecule has 0 spiro atoms. The number of rotatable bonds is 5. The fraction of sp³-hybridized carbons (Fsp3) is 0.550. The third-order valence-corrected chi connectivity index (χ3v) is 6.01. The van der Waals surface area contributed by atoms with Crippen LogP contribution in [0.5, 0.6) is 5.75 Å². The lowest BCUT2D eigenvalue weighted by Crippen LogP contribution is -2.40. The monoisotopic (exact) mass is 403 g/mol. The van der Waals surface area contributed by atoms with E-state index in [2.05, 4.69) is 14.9 Å². The molecular weight excluding hydrogens is 377 g/mol. The van der Waals surface area contributed by atoms with Crippen LogP contribution in [0.1, 0.15) is 18.5 Å². The minimum absolute atomic E-state index is 0.0482. The number of hydrogen-bond donors (Lipinski definition) is 0. The van der Waals surface area contributed by atoms with Crippen LogP contribution in [0.4, 0.5) is 15.8 Å². The van der Waals surface area contributed by atoms with Gasteiger partial charge in [0.05, 0.1) is 18.2 Å². The molecule has 0 unspecified atom stereocenters. The van der Waals surface area contributed by atoms with Gasteiger partial charge in [-0.25, -0.2) is 4.39 Å². The second-order valence-corrected chi connectivity index (χ2v) is 7.68. The van der Waals surface area contributed by atoms with Gasteiger partial charge in [0.25, 0.3) is 0 Å². The van der Waals surface area contributed by atoms with E-state index < -0.39 is 11.1 Å². The van der Waals surface area contributed by atoms with Crippen molar-refractivity contribution in [3.8, 4) is 16.9 Å². The Kier molecular flexibility index (Phi) is 5.40. The maximum Gasteiger partial charge on any atom is 0.311 e. The summed E-state index contributed by atoms with van der Waals surface area (Å²) in [5, 5.41) is 15.9. The Morgan fingerprint density at radius 1 is 1.24 bits per heavy atom. The number of methoxy groups -OCH3 is 1. The highest BCUT2D eigenvalue weighted by Gasteiger charge is 2.28. The van der Waals surface area contributed by atoms with Gasteiger partial charge in [-0.05, 0) is 12.8 Å². The molecule has 8 nitrogen and oxygen atoms in total. The molecule has 0 N–H and O–H groups in total. The Labute approximate surface area is 169 Å². The van der Waals surface area contributed by atoms with Crippen molar-refractivity contribution in [3.05, 3.63) is 34.1 Å². The highest BCUT2D eigenvalue weighted by molar-refractivity contribution is 5.85. The standard InChI is InChI=1S/C20H26FN5O3/c1-23-17-5-8-25(10-9-24-6-3-14(21)4-7-24)18-12-20(29-2)19(26(27)28)11-15(18)16(17)13-22-23/h11-14H,3-10H2,1-2H3. The van der Waals surface area contributed by atoms with E-state index in [1.165, 1.54) is 7.11 Å². The summed E-state index contributed by atoms with van der Waals surface area (Å²) in [7, 11) is 3.35. The summed E-state index contributed by atoms with van der Waals surface area (Å²) in [6.45, 7) is 3.93. The molecule has 29 heavy (non-hydrogen) atoms. The van der Waals surface area contributed by atoms with Crippen molar-refractivity contribution in [2.45, 2.75) is 25.4 Å². The summed E-state index contributed by atoms with van der Waals surface area (Å²) in [6.07, 6.45) is 3.07. The molecule has 1 aromatic heterocycles. The van der Waals surface area contributed by atoms with Crippen molar-refractivity contribution in [1.82, 2.24) is 14.7 Å². The number of fused-ring (bicyclic) bond motifs is 3. The number of nitrogens with zero attached hydrogens (tertiary/aromatic N) is 5. The number of alkyl halides is 1. The number of likely N-dealkylation sites (tertiary alicyclic amines) is 1. The average Bonchev–Trinajstić information content (AvgIpc) is 3.00. The van der Waals surface area contributed by atoms with E-state index >= 15 is 0 Å². The molecule has 0 amide bonds. The van der Waals surface area contributed by atoms with Crippen molar-refractivity contribution < 1.29 is 14.1 Å². The molecular formula is C20H26FN5O3. The Morgan fingerprint density at radius 3 is 2.69 bits per heavy atom. The summed E-state index contributed by atoms with van der Waals surface area (Å²) in [6, 6.07) is 3.37. The molecule has 4 rings (SSSR count). The first-order valence-electron chi connectivity index (χ1n) is 9.97.